The molecule has 0 spiro atoms. The maximum Gasteiger partial charge on any atom is 0.187 e. The first kappa shape index (κ1) is 17.5. The van der Waals surface area contributed by atoms with Gasteiger partial charge in [-0.1, -0.05) is 0 Å². The van der Waals surface area contributed by atoms with Crippen LogP contribution in [0.15, 0.2) is 0 Å². The summed E-state index contributed by atoms with van der Waals surface area (Å²) in [5.41, 5.74) is -0.681. The maximum atomic E-state index is 10.1. The van der Waals surface area contributed by atoms with E-state index in [1.165, 1.54) is 0 Å². The van der Waals surface area contributed by atoms with Crippen LogP contribution in [0.1, 0.15) is 40.0 Å². The summed E-state index contributed by atoms with van der Waals surface area (Å²) in [5.74, 6) is 0.360. The van der Waals surface area contributed by atoms with E-state index in [0.29, 0.717) is 5.92 Å². The van der Waals surface area contributed by atoms with Gasteiger partial charge in [0.15, 0.2) is 6.29 Å². The smallest absolute Gasteiger partial charge is 0.187 e. The van der Waals surface area contributed by atoms with Gasteiger partial charge in [-0.15, -0.1) is 0 Å². The van der Waals surface area contributed by atoms with E-state index in [1.807, 2.05) is 6.92 Å². The van der Waals surface area contributed by atoms with Gasteiger partial charge in [-0.25, -0.2) is 0 Å². The molecule has 0 unspecified atom stereocenters. The van der Waals surface area contributed by atoms with Crippen molar-refractivity contribution in [3.8, 4) is 0 Å². The van der Waals surface area contributed by atoms with Crippen LogP contribution >= 0.6 is 0 Å². The predicted molar refractivity (Wildman–Crippen MR) is 79.6 cm³/mol. The van der Waals surface area contributed by atoms with Crippen LogP contribution in [-0.2, 0) is 14.2 Å². The minimum atomic E-state index is -1.42. The highest BCUT2D eigenvalue weighted by atomic mass is 16.7. The van der Waals surface area contributed by atoms with Crippen molar-refractivity contribution in [2.75, 3.05) is 6.61 Å². The van der Waals surface area contributed by atoms with E-state index in [9.17, 15) is 20.4 Å². The number of hydrogen-bond acceptors (Lipinski definition) is 7. The molecule has 0 radical (unpaired) electrons. The Hall–Kier alpha value is -0.280. The summed E-state index contributed by atoms with van der Waals surface area (Å²) < 4.78 is 17.6. The Morgan fingerprint density at radius 2 is 1.78 bits per heavy atom. The Kier molecular flexibility index (Phi) is 4.51. The summed E-state index contributed by atoms with van der Waals surface area (Å²) in [6.07, 6.45) is -3.76. The lowest BCUT2D eigenvalue weighted by atomic mass is 9.67. The molecule has 4 rings (SSSR count). The minimum Gasteiger partial charge on any atom is -0.394 e. The van der Waals surface area contributed by atoms with Crippen molar-refractivity contribution in [2.24, 2.45) is 5.92 Å². The number of aliphatic hydroxyl groups is 4. The van der Waals surface area contributed by atoms with Crippen LogP contribution < -0.4 is 0 Å². The molecule has 3 heterocycles. The van der Waals surface area contributed by atoms with Gasteiger partial charge < -0.3 is 34.6 Å². The van der Waals surface area contributed by atoms with Crippen molar-refractivity contribution in [1.82, 2.24) is 0 Å². The lowest BCUT2D eigenvalue weighted by molar-refractivity contribution is -0.353. The zero-order valence-electron chi connectivity index (χ0n) is 13.9. The lowest BCUT2D eigenvalue weighted by Crippen LogP contribution is -2.65. The highest BCUT2D eigenvalue weighted by Crippen LogP contribution is 2.51. The molecule has 134 valence electrons. The fourth-order valence-corrected chi connectivity index (χ4v) is 4.22. The molecule has 4 aliphatic rings. The van der Waals surface area contributed by atoms with Crippen molar-refractivity contribution < 1.29 is 34.6 Å². The number of rotatable bonds is 3. The molecule has 23 heavy (non-hydrogen) atoms. The maximum absolute atomic E-state index is 10.1. The van der Waals surface area contributed by atoms with Crippen molar-refractivity contribution in [2.45, 2.75) is 88.0 Å². The van der Waals surface area contributed by atoms with E-state index < -0.39 is 42.9 Å². The second kappa shape index (κ2) is 5.91. The first-order valence-electron chi connectivity index (χ1n) is 8.34. The fraction of sp³-hybridized carbons (Fsp3) is 1.00. The number of ether oxygens (including phenoxy) is 3. The highest BCUT2D eigenvalue weighted by molar-refractivity contribution is 5.04. The molecule has 4 fully saturated rings. The van der Waals surface area contributed by atoms with Gasteiger partial charge in [0, 0.05) is 0 Å². The van der Waals surface area contributed by atoms with Crippen LogP contribution in [0.4, 0.5) is 0 Å². The van der Waals surface area contributed by atoms with E-state index in [1.54, 1.807) is 0 Å². The normalized spacial score (nSPS) is 52.6. The second-order valence-electron chi connectivity index (χ2n) is 7.81. The molecule has 7 nitrogen and oxygen atoms in total. The largest absolute Gasteiger partial charge is 0.394 e. The van der Waals surface area contributed by atoms with Crippen LogP contribution in [0.5, 0.6) is 0 Å². The van der Waals surface area contributed by atoms with Crippen LogP contribution in [0, 0.1) is 5.92 Å². The number of fused-ring (bicyclic) bond motifs is 3. The Bertz CT molecular complexity index is 440. The standard InChI is InChI=1S/C16H28O7/c1-15(2)8-4-5-16(3,23-15)10(6-8)22-14-13(20)12(19)11(18)9(7-17)21-14/h8-14,17-20H,4-7H2,1-3H3/t8-,9-,10-,11-,12+,13-,14+,16-/m1/s1. The van der Waals surface area contributed by atoms with Gasteiger partial charge in [-0.05, 0) is 46.0 Å². The van der Waals surface area contributed by atoms with Gasteiger partial charge in [-0.2, -0.15) is 0 Å². The first-order chi connectivity index (χ1) is 10.7. The van der Waals surface area contributed by atoms with Gasteiger partial charge in [0.05, 0.1) is 23.9 Å². The monoisotopic (exact) mass is 332 g/mol. The Morgan fingerprint density at radius 1 is 1.09 bits per heavy atom. The van der Waals surface area contributed by atoms with Gasteiger partial charge >= 0.3 is 0 Å². The molecule has 1 aliphatic carbocycles. The van der Waals surface area contributed by atoms with Gasteiger partial charge in [0.2, 0.25) is 0 Å². The van der Waals surface area contributed by atoms with E-state index in [0.717, 1.165) is 19.3 Å². The van der Waals surface area contributed by atoms with Crippen molar-refractivity contribution in [3.63, 3.8) is 0 Å². The number of aliphatic hydroxyl groups excluding tert-OH is 4. The molecule has 3 saturated heterocycles. The first-order valence-corrected chi connectivity index (χ1v) is 8.34. The topological polar surface area (TPSA) is 109 Å². The fourth-order valence-electron chi connectivity index (χ4n) is 4.22. The zero-order valence-corrected chi connectivity index (χ0v) is 13.9. The van der Waals surface area contributed by atoms with Crippen molar-refractivity contribution in [1.29, 1.82) is 0 Å². The third-order valence-electron chi connectivity index (χ3n) is 5.80. The SMILES string of the molecule is CC1(C)O[C@]2(C)CC[C@@H]1C[C@H]2O[C@@H]1O[C@H](CO)[C@@H](O)[C@H](O)[C@H]1O. The molecule has 0 aromatic heterocycles. The Morgan fingerprint density at radius 3 is 2.35 bits per heavy atom. The van der Waals surface area contributed by atoms with E-state index in [2.05, 4.69) is 13.8 Å². The van der Waals surface area contributed by atoms with Crippen molar-refractivity contribution >= 4 is 0 Å². The average molecular weight is 332 g/mol. The molecule has 8 atom stereocenters. The molecule has 3 aliphatic heterocycles. The lowest BCUT2D eigenvalue weighted by Gasteiger charge is -2.58. The van der Waals surface area contributed by atoms with Crippen LogP contribution in [0.3, 0.4) is 0 Å². The minimum absolute atomic E-state index is 0.206. The molecular formula is C16H28O7. The van der Waals surface area contributed by atoms with Gasteiger partial charge in [0.25, 0.3) is 0 Å². The summed E-state index contributed by atoms with van der Waals surface area (Å²) in [4.78, 5) is 0. The molecule has 0 amide bonds. The van der Waals surface area contributed by atoms with Gasteiger partial charge in [-0.3, -0.25) is 0 Å². The molecule has 4 N–H and O–H groups in total. The van der Waals surface area contributed by atoms with E-state index in [-0.39, 0.29) is 11.7 Å². The summed E-state index contributed by atoms with van der Waals surface area (Å²) >= 11 is 0. The summed E-state index contributed by atoms with van der Waals surface area (Å²) in [5, 5.41) is 39.1. The molecular weight excluding hydrogens is 304 g/mol. The van der Waals surface area contributed by atoms with Crippen LogP contribution in [-0.4, -0.2) is 75.0 Å². The van der Waals surface area contributed by atoms with Crippen molar-refractivity contribution in [3.05, 3.63) is 0 Å². The molecule has 0 aromatic rings. The predicted octanol–water partition coefficient (Wildman–Crippen LogP) is -0.461. The Balaban J connectivity index is 1.72. The molecule has 2 bridgehead atoms. The molecule has 1 saturated carbocycles. The summed E-state index contributed by atoms with van der Waals surface area (Å²) in [7, 11) is 0. The summed E-state index contributed by atoms with van der Waals surface area (Å²) in [6.45, 7) is 5.70. The molecule has 0 aromatic carbocycles. The second-order valence-corrected chi connectivity index (χ2v) is 7.81. The van der Waals surface area contributed by atoms with Gasteiger partial charge in [0.1, 0.15) is 24.4 Å². The Labute approximate surface area is 136 Å². The quantitative estimate of drug-likeness (QED) is 0.554. The average Bonchev–Trinajstić information content (AvgIpc) is 2.48. The molecule has 7 heteroatoms. The summed E-state index contributed by atoms with van der Waals surface area (Å²) in [6, 6.07) is 0. The van der Waals surface area contributed by atoms with E-state index in [4.69, 9.17) is 14.2 Å². The third-order valence-corrected chi connectivity index (χ3v) is 5.80. The number of hydrogen-bond donors (Lipinski definition) is 4. The van der Waals surface area contributed by atoms with Crippen LogP contribution in [0.2, 0.25) is 0 Å². The zero-order chi connectivity index (χ0) is 17.0. The third kappa shape index (κ3) is 2.93. The van der Waals surface area contributed by atoms with Crippen LogP contribution in [0.25, 0.3) is 0 Å². The van der Waals surface area contributed by atoms with E-state index >= 15 is 0 Å². The highest BCUT2D eigenvalue weighted by Gasteiger charge is 2.56.